The van der Waals surface area contributed by atoms with Crippen LogP contribution in [0.25, 0.3) is 0 Å². The fourth-order valence-electron chi connectivity index (χ4n) is 2.05. The van der Waals surface area contributed by atoms with Crippen LogP contribution in [0.15, 0.2) is 35.7 Å². The minimum atomic E-state index is 0.0144. The second-order valence-electron chi connectivity index (χ2n) is 4.79. The van der Waals surface area contributed by atoms with Gasteiger partial charge in [-0.1, -0.05) is 18.2 Å². The van der Waals surface area contributed by atoms with Gasteiger partial charge in [-0.3, -0.25) is 4.79 Å². The summed E-state index contributed by atoms with van der Waals surface area (Å²) in [7, 11) is 1.97. The normalized spacial score (nSPS) is 10.5. The van der Waals surface area contributed by atoms with Gasteiger partial charge in [0.15, 0.2) is 5.13 Å². The molecule has 0 aliphatic carbocycles. The molecule has 6 heteroatoms. The molecule has 1 aromatic heterocycles. The minimum Gasteiger partial charge on any atom is -0.337 e. The molecule has 4 nitrogen and oxygen atoms in total. The first-order valence-corrected chi connectivity index (χ1v) is 9.47. The van der Waals surface area contributed by atoms with Gasteiger partial charge < -0.3 is 9.80 Å². The van der Waals surface area contributed by atoms with Crippen molar-refractivity contribution in [1.82, 2.24) is 9.88 Å². The highest BCUT2D eigenvalue weighted by atomic mass is 32.2. The quantitative estimate of drug-likeness (QED) is 0.772. The molecule has 2 aromatic rings. The number of aromatic nitrogens is 1. The second kappa shape index (κ2) is 8.19. The fraction of sp³-hybridized carbons (Fsp3) is 0.375. The number of thioether (sulfide) groups is 1. The Morgan fingerprint density at radius 3 is 2.68 bits per heavy atom. The molecule has 0 fully saturated rings. The van der Waals surface area contributed by atoms with E-state index < -0.39 is 0 Å². The van der Waals surface area contributed by atoms with E-state index in [9.17, 15) is 4.79 Å². The summed E-state index contributed by atoms with van der Waals surface area (Å²) in [6.07, 6.45) is 2.05. The van der Waals surface area contributed by atoms with Gasteiger partial charge in [-0.2, -0.15) is 11.8 Å². The lowest BCUT2D eigenvalue weighted by atomic mass is 10.3. The molecule has 0 aliphatic heterocycles. The van der Waals surface area contributed by atoms with E-state index in [1.54, 1.807) is 11.8 Å². The monoisotopic (exact) mass is 335 g/mol. The lowest BCUT2D eigenvalue weighted by Crippen LogP contribution is -2.33. The van der Waals surface area contributed by atoms with Gasteiger partial charge in [0.05, 0.1) is 0 Å². The molecule has 0 atom stereocenters. The molecule has 0 radical (unpaired) electrons. The van der Waals surface area contributed by atoms with Crippen molar-refractivity contribution < 1.29 is 4.79 Å². The molecule has 1 amide bonds. The van der Waals surface area contributed by atoms with E-state index in [1.807, 2.05) is 65.7 Å². The molecule has 0 spiro atoms. The van der Waals surface area contributed by atoms with E-state index in [-0.39, 0.29) is 5.91 Å². The van der Waals surface area contributed by atoms with Crippen molar-refractivity contribution in [2.24, 2.45) is 0 Å². The van der Waals surface area contributed by atoms with Crippen molar-refractivity contribution in [2.75, 3.05) is 37.0 Å². The number of carbonyl (C=O) groups excluding carboxylic acids is 1. The molecule has 22 heavy (non-hydrogen) atoms. The van der Waals surface area contributed by atoms with E-state index in [2.05, 4.69) is 4.98 Å². The number of nitrogens with zero attached hydrogens (tertiary/aromatic N) is 3. The van der Waals surface area contributed by atoms with Gasteiger partial charge in [0.25, 0.3) is 5.91 Å². The zero-order chi connectivity index (χ0) is 15.9. The summed E-state index contributed by atoms with van der Waals surface area (Å²) in [4.78, 5) is 20.9. The molecule has 0 unspecified atom stereocenters. The maximum atomic E-state index is 12.5. The molecular weight excluding hydrogens is 314 g/mol. The Morgan fingerprint density at radius 1 is 1.32 bits per heavy atom. The average molecular weight is 335 g/mol. The van der Waals surface area contributed by atoms with Crippen LogP contribution in [0.2, 0.25) is 0 Å². The number of hydrogen-bond donors (Lipinski definition) is 0. The zero-order valence-corrected chi connectivity index (χ0v) is 14.8. The fourth-order valence-corrected chi connectivity index (χ4v) is 3.23. The van der Waals surface area contributed by atoms with E-state index >= 15 is 0 Å². The Labute approximate surface area is 140 Å². The van der Waals surface area contributed by atoms with Gasteiger partial charge in [0.1, 0.15) is 5.69 Å². The van der Waals surface area contributed by atoms with Gasteiger partial charge in [-0.15, -0.1) is 11.3 Å². The van der Waals surface area contributed by atoms with Crippen LogP contribution in [-0.4, -0.2) is 47.9 Å². The van der Waals surface area contributed by atoms with Crippen LogP contribution >= 0.6 is 23.1 Å². The third kappa shape index (κ3) is 4.01. The summed E-state index contributed by atoms with van der Waals surface area (Å²) in [6, 6.07) is 10.0. The molecule has 0 bridgehead atoms. The minimum absolute atomic E-state index is 0.0144. The standard InChI is InChI=1S/C16H21N3OS2/c1-4-19(10-11-21-3)15(20)14-12-22-16(17-14)18(2)13-8-6-5-7-9-13/h5-9,12H,4,10-11H2,1-3H3. The molecule has 118 valence electrons. The Kier molecular flexibility index (Phi) is 6.27. The van der Waals surface area contributed by atoms with Gasteiger partial charge in [-0.05, 0) is 25.3 Å². The van der Waals surface area contributed by atoms with Crippen molar-refractivity contribution in [2.45, 2.75) is 6.92 Å². The topological polar surface area (TPSA) is 36.4 Å². The summed E-state index contributed by atoms with van der Waals surface area (Å²) >= 11 is 3.24. The first kappa shape index (κ1) is 16.8. The van der Waals surface area contributed by atoms with Gasteiger partial charge >= 0.3 is 0 Å². The lowest BCUT2D eigenvalue weighted by molar-refractivity contribution is 0.0769. The third-order valence-corrected chi connectivity index (χ3v) is 4.88. The number of rotatable bonds is 7. The molecule has 2 rings (SSSR count). The SMILES string of the molecule is CCN(CCSC)C(=O)c1csc(N(C)c2ccccc2)n1. The number of hydrogen-bond acceptors (Lipinski definition) is 5. The van der Waals surface area contributed by atoms with Gasteiger partial charge in [0.2, 0.25) is 0 Å². The maximum Gasteiger partial charge on any atom is 0.273 e. The number of para-hydroxylation sites is 1. The summed E-state index contributed by atoms with van der Waals surface area (Å²) in [5.74, 6) is 0.959. The van der Waals surface area contributed by atoms with E-state index in [0.29, 0.717) is 12.2 Å². The zero-order valence-electron chi connectivity index (χ0n) is 13.2. The molecule has 0 saturated heterocycles. The number of carbonyl (C=O) groups is 1. The number of amides is 1. The van der Waals surface area contributed by atoms with Crippen LogP contribution in [0.4, 0.5) is 10.8 Å². The van der Waals surface area contributed by atoms with E-state index in [0.717, 1.165) is 23.1 Å². The molecule has 1 aromatic carbocycles. The largest absolute Gasteiger partial charge is 0.337 e. The van der Waals surface area contributed by atoms with Gasteiger partial charge in [-0.25, -0.2) is 4.98 Å². The predicted octanol–water partition coefficient (Wildman–Crippen LogP) is 3.74. The first-order chi connectivity index (χ1) is 10.7. The summed E-state index contributed by atoms with van der Waals surface area (Å²) in [5, 5.41) is 2.68. The Balaban J connectivity index is 2.12. The highest BCUT2D eigenvalue weighted by Gasteiger charge is 2.18. The van der Waals surface area contributed by atoms with Crippen LogP contribution < -0.4 is 4.90 Å². The van der Waals surface area contributed by atoms with Crippen LogP contribution in [0, 0.1) is 0 Å². The molecule has 0 N–H and O–H groups in total. The van der Waals surface area contributed by atoms with Crippen LogP contribution in [-0.2, 0) is 0 Å². The highest BCUT2D eigenvalue weighted by Crippen LogP contribution is 2.27. The van der Waals surface area contributed by atoms with Crippen LogP contribution in [0.3, 0.4) is 0 Å². The molecular formula is C16H21N3OS2. The summed E-state index contributed by atoms with van der Waals surface area (Å²) < 4.78 is 0. The second-order valence-corrected chi connectivity index (χ2v) is 6.61. The van der Waals surface area contributed by atoms with Crippen molar-refractivity contribution in [3.8, 4) is 0 Å². The predicted molar refractivity (Wildman–Crippen MR) is 96.6 cm³/mol. The van der Waals surface area contributed by atoms with Crippen molar-refractivity contribution >= 4 is 39.8 Å². The molecule has 0 saturated carbocycles. The third-order valence-electron chi connectivity index (χ3n) is 3.38. The van der Waals surface area contributed by atoms with Gasteiger partial charge in [0, 0.05) is 37.0 Å². The smallest absolute Gasteiger partial charge is 0.273 e. The first-order valence-electron chi connectivity index (χ1n) is 7.20. The van der Waals surface area contributed by atoms with Crippen molar-refractivity contribution in [1.29, 1.82) is 0 Å². The Morgan fingerprint density at radius 2 is 2.05 bits per heavy atom. The molecule has 1 heterocycles. The Hall–Kier alpha value is -1.53. The summed E-state index contributed by atoms with van der Waals surface area (Å²) in [5.41, 5.74) is 1.59. The summed E-state index contributed by atoms with van der Waals surface area (Å²) in [6.45, 7) is 3.47. The Bertz CT molecular complexity index is 600. The number of benzene rings is 1. The van der Waals surface area contributed by atoms with Crippen molar-refractivity contribution in [3.05, 3.63) is 41.4 Å². The average Bonchev–Trinajstić information content (AvgIpc) is 3.05. The highest BCUT2D eigenvalue weighted by molar-refractivity contribution is 7.98. The number of thiazole rings is 1. The van der Waals surface area contributed by atoms with Crippen molar-refractivity contribution in [3.63, 3.8) is 0 Å². The molecule has 0 aliphatic rings. The maximum absolute atomic E-state index is 12.5. The van der Waals surface area contributed by atoms with E-state index in [4.69, 9.17) is 0 Å². The van der Waals surface area contributed by atoms with Crippen LogP contribution in [0.5, 0.6) is 0 Å². The lowest BCUT2D eigenvalue weighted by Gasteiger charge is -2.19. The van der Waals surface area contributed by atoms with E-state index in [1.165, 1.54) is 11.3 Å². The van der Waals surface area contributed by atoms with Crippen LogP contribution in [0.1, 0.15) is 17.4 Å². The number of anilines is 2.